The fourth-order valence-electron chi connectivity index (χ4n) is 3.55. The Morgan fingerprint density at radius 3 is 2.69 bits per heavy atom. The SMILES string of the molecule is C=C1C(=O)OC2CC3(C)OC(=CC3=O)C(C)=CC(OC(=O)C3(C)CO3)C12. The Morgan fingerprint density at radius 1 is 1.35 bits per heavy atom. The van der Waals surface area contributed by atoms with Crippen molar-refractivity contribution in [2.75, 3.05) is 6.61 Å². The van der Waals surface area contributed by atoms with Gasteiger partial charge in [0.15, 0.2) is 11.2 Å². The molecule has 0 aromatic rings. The first-order valence-electron chi connectivity index (χ1n) is 8.52. The lowest BCUT2D eigenvalue weighted by Gasteiger charge is -2.29. The van der Waals surface area contributed by atoms with Gasteiger partial charge in [-0.05, 0) is 32.4 Å². The molecule has 138 valence electrons. The predicted octanol–water partition coefficient (Wildman–Crippen LogP) is 1.38. The summed E-state index contributed by atoms with van der Waals surface area (Å²) in [6.45, 7) is 9.20. The zero-order valence-corrected chi connectivity index (χ0v) is 14.9. The molecule has 0 aromatic carbocycles. The predicted molar refractivity (Wildman–Crippen MR) is 87.7 cm³/mol. The second-order valence-corrected chi connectivity index (χ2v) is 7.64. The molecule has 0 saturated carbocycles. The smallest absolute Gasteiger partial charge is 0.341 e. The lowest BCUT2D eigenvalue weighted by atomic mass is 9.83. The number of allylic oxidation sites excluding steroid dienone is 1. The molecule has 0 aromatic heterocycles. The monoisotopic (exact) mass is 360 g/mol. The van der Waals surface area contributed by atoms with Crippen LogP contribution < -0.4 is 0 Å². The molecule has 7 nitrogen and oxygen atoms in total. The van der Waals surface area contributed by atoms with Crippen molar-refractivity contribution in [1.82, 2.24) is 0 Å². The molecule has 7 heteroatoms. The van der Waals surface area contributed by atoms with Crippen LogP contribution >= 0.6 is 0 Å². The molecule has 5 atom stereocenters. The van der Waals surface area contributed by atoms with Crippen LogP contribution in [0.15, 0.2) is 35.6 Å². The third-order valence-corrected chi connectivity index (χ3v) is 5.44. The fraction of sp³-hybridized carbons (Fsp3) is 0.526. The first-order chi connectivity index (χ1) is 12.1. The minimum Gasteiger partial charge on any atom is -0.479 e. The van der Waals surface area contributed by atoms with Gasteiger partial charge in [0, 0.05) is 18.1 Å². The molecular weight excluding hydrogens is 340 g/mol. The number of hydrogen-bond acceptors (Lipinski definition) is 7. The van der Waals surface area contributed by atoms with E-state index in [1.165, 1.54) is 6.08 Å². The molecule has 0 N–H and O–H groups in total. The number of carbonyl (C=O) groups is 3. The highest BCUT2D eigenvalue weighted by Gasteiger charge is 2.54. The van der Waals surface area contributed by atoms with Crippen LogP contribution in [0, 0.1) is 5.92 Å². The summed E-state index contributed by atoms with van der Waals surface area (Å²) in [5.41, 5.74) is -1.20. The van der Waals surface area contributed by atoms with E-state index in [1.807, 2.05) is 0 Å². The van der Waals surface area contributed by atoms with Gasteiger partial charge in [-0.1, -0.05) is 6.58 Å². The van der Waals surface area contributed by atoms with Gasteiger partial charge in [-0.2, -0.15) is 0 Å². The van der Waals surface area contributed by atoms with Crippen LogP contribution in [0.5, 0.6) is 0 Å². The molecule has 0 spiro atoms. The Kier molecular flexibility index (Phi) is 3.47. The zero-order chi connectivity index (χ0) is 18.9. The highest BCUT2D eigenvalue weighted by atomic mass is 16.6. The average molecular weight is 360 g/mol. The van der Waals surface area contributed by atoms with E-state index in [-0.39, 0.29) is 17.8 Å². The summed E-state index contributed by atoms with van der Waals surface area (Å²) in [7, 11) is 0. The molecular formula is C19H20O7. The normalized spacial score (nSPS) is 41.0. The van der Waals surface area contributed by atoms with Crippen LogP contribution in [0.4, 0.5) is 0 Å². The number of ether oxygens (including phenoxy) is 4. The van der Waals surface area contributed by atoms with Gasteiger partial charge in [0.1, 0.15) is 18.0 Å². The van der Waals surface area contributed by atoms with Gasteiger partial charge in [0.2, 0.25) is 5.78 Å². The Balaban J connectivity index is 1.75. The van der Waals surface area contributed by atoms with Gasteiger partial charge in [-0.15, -0.1) is 0 Å². The molecule has 26 heavy (non-hydrogen) atoms. The second-order valence-electron chi connectivity index (χ2n) is 7.64. The lowest BCUT2D eigenvalue weighted by molar-refractivity contribution is -0.156. The van der Waals surface area contributed by atoms with Crippen LogP contribution in [0.25, 0.3) is 0 Å². The molecule has 2 bridgehead atoms. The molecule has 0 radical (unpaired) electrons. The summed E-state index contributed by atoms with van der Waals surface area (Å²) in [6.07, 6.45) is 1.83. The fourth-order valence-corrected chi connectivity index (χ4v) is 3.55. The molecule has 4 aliphatic rings. The van der Waals surface area contributed by atoms with Crippen LogP contribution in [-0.4, -0.2) is 47.7 Å². The van der Waals surface area contributed by atoms with E-state index in [9.17, 15) is 14.4 Å². The number of carbonyl (C=O) groups excluding carboxylic acids is 3. The van der Waals surface area contributed by atoms with Crippen molar-refractivity contribution in [1.29, 1.82) is 0 Å². The Bertz CT molecular complexity index is 801. The molecule has 5 unspecified atom stereocenters. The van der Waals surface area contributed by atoms with E-state index < -0.39 is 41.3 Å². The van der Waals surface area contributed by atoms with Gasteiger partial charge < -0.3 is 18.9 Å². The summed E-state index contributed by atoms with van der Waals surface area (Å²) in [4.78, 5) is 36.9. The number of ketones is 1. The van der Waals surface area contributed by atoms with E-state index in [4.69, 9.17) is 18.9 Å². The first-order valence-corrected chi connectivity index (χ1v) is 8.52. The summed E-state index contributed by atoms with van der Waals surface area (Å²) in [5, 5.41) is 0. The van der Waals surface area contributed by atoms with Crippen LogP contribution in [0.3, 0.4) is 0 Å². The summed E-state index contributed by atoms with van der Waals surface area (Å²) in [6, 6.07) is 0. The van der Waals surface area contributed by atoms with Crippen molar-refractivity contribution in [2.24, 2.45) is 5.92 Å². The van der Waals surface area contributed by atoms with Crippen LogP contribution in [-0.2, 0) is 33.3 Å². The van der Waals surface area contributed by atoms with Crippen LogP contribution in [0.1, 0.15) is 27.2 Å². The zero-order valence-electron chi connectivity index (χ0n) is 14.9. The summed E-state index contributed by atoms with van der Waals surface area (Å²) < 4.78 is 22.1. The van der Waals surface area contributed by atoms with Gasteiger partial charge in [0.05, 0.1) is 12.5 Å². The lowest BCUT2D eigenvalue weighted by Crippen LogP contribution is -2.41. The van der Waals surface area contributed by atoms with Gasteiger partial charge >= 0.3 is 11.9 Å². The third-order valence-electron chi connectivity index (χ3n) is 5.44. The van der Waals surface area contributed by atoms with Crippen molar-refractivity contribution in [3.63, 3.8) is 0 Å². The maximum absolute atomic E-state index is 12.4. The minimum atomic E-state index is -1.12. The highest BCUT2D eigenvalue weighted by molar-refractivity contribution is 6.00. The quantitative estimate of drug-likeness (QED) is 0.417. The maximum atomic E-state index is 12.4. The number of fused-ring (bicyclic) bond motifs is 3. The Labute approximate surface area is 150 Å². The largest absolute Gasteiger partial charge is 0.479 e. The van der Waals surface area contributed by atoms with Gasteiger partial charge in [-0.3, -0.25) is 4.79 Å². The van der Waals surface area contributed by atoms with E-state index in [1.54, 1.807) is 26.8 Å². The molecule has 4 aliphatic heterocycles. The standard InChI is InChI=1S/C19H20O7/c1-9-5-12(25-17(22)19(4)8-23-19)15-10(2)16(21)24-13(15)7-18(3)14(20)6-11(9)26-18/h5-6,12-13,15H,2,7-8H2,1,3-4H3. The van der Waals surface area contributed by atoms with E-state index in [2.05, 4.69) is 6.58 Å². The molecule has 2 fully saturated rings. The Hall–Kier alpha value is -2.41. The van der Waals surface area contributed by atoms with E-state index in [0.29, 0.717) is 17.9 Å². The molecule has 4 heterocycles. The van der Waals surface area contributed by atoms with Crippen molar-refractivity contribution in [3.05, 3.63) is 35.6 Å². The topological polar surface area (TPSA) is 91.4 Å². The number of epoxide rings is 1. The van der Waals surface area contributed by atoms with Crippen molar-refractivity contribution in [2.45, 2.75) is 50.6 Å². The van der Waals surface area contributed by atoms with Crippen molar-refractivity contribution >= 4 is 17.7 Å². The average Bonchev–Trinajstić information content (AvgIpc) is 3.15. The summed E-state index contributed by atoms with van der Waals surface area (Å²) in [5.74, 6) is -1.38. The van der Waals surface area contributed by atoms with Gasteiger partial charge in [0.25, 0.3) is 0 Å². The maximum Gasteiger partial charge on any atom is 0.341 e. The number of hydrogen-bond donors (Lipinski definition) is 0. The van der Waals surface area contributed by atoms with E-state index >= 15 is 0 Å². The Morgan fingerprint density at radius 2 is 2.04 bits per heavy atom. The first kappa shape index (κ1) is 17.0. The third kappa shape index (κ3) is 2.49. The van der Waals surface area contributed by atoms with Crippen LogP contribution in [0.2, 0.25) is 0 Å². The molecule has 2 saturated heterocycles. The minimum absolute atomic E-state index is 0.157. The van der Waals surface area contributed by atoms with Crippen molar-refractivity contribution < 1.29 is 33.3 Å². The summed E-state index contributed by atoms with van der Waals surface area (Å²) >= 11 is 0. The van der Waals surface area contributed by atoms with E-state index in [0.717, 1.165) is 0 Å². The number of rotatable bonds is 2. The second kappa shape index (κ2) is 5.30. The number of esters is 2. The highest BCUT2D eigenvalue weighted by Crippen LogP contribution is 2.43. The van der Waals surface area contributed by atoms with Gasteiger partial charge in [-0.25, -0.2) is 9.59 Å². The molecule has 0 aliphatic carbocycles. The molecule has 4 rings (SSSR count). The van der Waals surface area contributed by atoms with Crippen molar-refractivity contribution in [3.8, 4) is 0 Å². The molecule has 0 amide bonds.